The monoisotopic (exact) mass is 422 g/mol. The maximum atomic E-state index is 12.9. The van der Waals surface area contributed by atoms with Gasteiger partial charge in [0.2, 0.25) is 5.95 Å². The first-order valence-electron chi connectivity index (χ1n) is 10.6. The van der Waals surface area contributed by atoms with E-state index in [1.165, 1.54) is 12.3 Å². The van der Waals surface area contributed by atoms with E-state index in [2.05, 4.69) is 25.7 Å². The summed E-state index contributed by atoms with van der Waals surface area (Å²) < 4.78 is 12.9. The van der Waals surface area contributed by atoms with Crippen LogP contribution >= 0.6 is 0 Å². The van der Waals surface area contributed by atoms with Crippen LogP contribution < -0.4 is 10.7 Å². The van der Waals surface area contributed by atoms with Crippen LogP contribution in [0.2, 0.25) is 0 Å². The summed E-state index contributed by atoms with van der Waals surface area (Å²) in [5, 5.41) is 2.93. The summed E-state index contributed by atoms with van der Waals surface area (Å²) in [6.45, 7) is 9.18. The van der Waals surface area contributed by atoms with Crippen LogP contribution in [0.3, 0.4) is 0 Å². The number of anilines is 1. The number of piperidine rings is 1. The first-order chi connectivity index (χ1) is 15.2. The minimum absolute atomic E-state index is 0.122. The zero-order valence-electron chi connectivity index (χ0n) is 17.4. The molecule has 1 saturated heterocycles. The zero-order valence-corrected chi connectivity index (χ0v) is 17.4. The van der Waals surface area contributed by atoms with Crippen molar-refractivity contribution in [3.8, 4) is 0 Å². The number of guanidine groups is 1. The van der Waals surface area contributed by atoms with Crippen LogP contribution in [-0.2, 0) is 0 Å². The number of hydrogen-bond acceptors (Lipinski definition) is 3. The molecule has 3 rings (SSSR count). The molecule has 0 aliphatic carbocycles. The van der Waals surface area contributed by atoms with Crippen LogP contribution in [-0.4, -0.2) is 41.4 Å². The van der Waals surface area contributed by atoms with Crippen molar-refractivity contribution in [2.45, 2.75) is 32.1 Å². The van der Waals surface area contributed by atoms with E-state index in [1.807, 2.05) is 35.2 Å². The summed E-state index contributed by atoms with van der Waals surface area (Å²) in [6, 6.07) is 12.2. The van der Waals surface area contributed by atoms with Crippen LogP contribution in [0.25, 0.3) is 4.95 Å². The van der Waals surface area contributed by atoms with Crippen molar-refractivity contribution in [2.75, 3.05) is 25.0 Å². The third-order valence-electron chi connectivity index (χ3n) is 5.36. The van der Waals surface area contributed by atoms with E-state index >= 15 is 0 Å². The van der Waals surface area contributed by atoms with Crippen molar-refractivity contribution in [1.82, 2.24) is 15.3 Å². The van der Waals surface area contributed by atoms with Crippen molar-refractivity contribution < 1.29 is 9.18 Å². The second-order valence-electron chi connectivity index (χ2n) is 7.55. The molecule has 1 aliphatic heterocycles. The molecule has 0 saturated carbocycles. The number of unbranched alkanes of at least 4 members (excludes halogenated alkanes) is 1. The molecular weight excluding hydrogens is 395 g/mol. The number of likely N-dealkylation sites (tertiary alicyclic amines) is 1. The molecule has 8 heteroatoms. The second-order valence-corrected chi connectivity index (χ2v) is 7.55. The fourth-order valence-electron chi connectivity index (χ4n) is 3.67. The fourth-order valence-corrected chi connectivity index (χ4v) is 3.67. The first-order valence-corrected chi connectivity index (χ1v) is 10.6. The Bertz CT molecular complexity index is 902. The molecule has 1 fully saturated rings. The Kier molecular flexibility index (Phi) is 8.35. The predicted molar refractivity (Wildman–Crippen MR) is 119 cm³/mol. The molecule has 0 spiro atoms. The van der Waals surface area contributed by atoms with Gasteiger partial charge in [-0.1, -0.05) is 36.5 Å². The van der Waals surface area contributed by atoms with Gasteiger partial charge in [0.15, 0.2) is 0 Å². The lowest BCUT2D eigenvalue weighted by Gasteiger charge is -2.32. The Morgan fingerprint density at radius 1 is 1.19 bits per heavy atom. The van der Waals surface area contributed by atoms with E-state index in [-0.39, 0.29) is 5.91 Å². The van der Waals surface area contributed by atoms with Gasteiger partial charge in [-0.15, -0.1) is 0 Å². The highest BCUT2D eigenvalue weighted by Crippen LogP contribution is 2.23. The van der Waals surface area contributed by atoms with Gasteiger partial charge in [0.1, 0.15) is 0 Å². The molecule has 1 amide bonds. The molecule has 162 valence electrons. The lowest BCUT2D eigenvalue weighted by Crippen LogP contribution is -2.38. The van der Waals surface area contributed by atoms with Gasteiger partial charge in [0, 0.05) is 25.2 Å². The Morgan fingerprint density at radius 3 is 2.65 bits per heavy atom. The number of hydrogen-bond donors (Lipinski definition) is 2. The highest BCUT2D eigenvalue weighted by molar-refractivity contribution is 5.94. The zero-order chi connectivity index (χ0) is 21.9. The summed E-state index contributed by atoms with van der Waals surface area (Å²) >= 11 is 0. The molecular formula is C23H27FN6O. The van der Waals surface area contributed by atoms with Crippen molar-refractivity contribution >= 4 is 17.6 Å². The third kappa shape index (κ3) is 7.07. The molecule has 1 aromatic carbocycles. The number of rotatable bonds is 7. The topological polar surface area (TPSA) is 74.0 Å². The van der Waals surface area contributed by atoms with Gasteiger partial charge in [0.05, 0.1) is 11.9 Å². The molecule has 1 aliphatic rings. The predicted octanol–water partition coefficient (Wildman–Crippen LogP) is 4.14. The van der Waals surface area contributed by atoms with Crippen LogP contribution in [0.15, 0.2) is 53.7 Å². The summed E-state index contributed by atoms with van der Waals surface area (Å²) in [5.41, 5.74) is 3.81. The van der Waals surface area contributed by atoms with Gasteiger partial charge in [-0.3, -0.25) is 4.79 Å². The fraction of sp³-hybridized carbons (Fsp3) is 0.391. The molecule has 0 bridgehead atoms. The molecule has 0 unspecified atom stereocenters. The molecule has 7 nitrogen and oxygen atoms in total. The number of aromatic nitrogens is 1. The van der Waals surface area contributed by atoms with Crippen LogP contribution in [0.4, 0.5) is 10.1 Å². The lowest BCUT2D eigenvalue weighted by atomic mass is 9.91. The summed E-state index contributed by atoms with van der Waals surface area (Å²) in [7, 11) is 0. The van der Waals surface area contributed by atoms with Gasteiger partial charge in [-0.25, -0.2) is 9.98 Å². The number of nitrogens with zero attached hydrogens (tertiary/aromatic N) is 4. The highest BCUT2D eigenvalue weighted by atomic mass is 19.1. The molecule has 2 aromatic rings. The molecule has 31 heavy (non-hydrogen) atoms. The van der Waals surface area contributed by atoms with Gasteiger partial charge >= 0.3 is 0 Å². The Morgan fingerprint density at radius 2 is 1.97 bits per heavy atom. The second kappa shape index (κ2) is 11.6. The highest BCUT2D eigenvalue weighted by Gasteiger charge is 2.23. The van der Waals surface area contributed by atoms with Crippen LogP contribution in [0, 0.1) is 18.4 Å². The van der Waals surface area contributed by atoms with E-state index in [0.717, 1.165) is 50.8 Å². The number of nitrogens with one attached hydrogen (secondary N) is 2. The molecule has 2 N–H and O–H groups in total. The lowest BCUT2D eigenvalue weighted by molar-refractivity contribution is 0.0686. The summed E-state index contributed by atoms with van der Waals surface area (Å²) in [5.74, 6) is 0.527. The number of carbonyl (C=O) groups excluding carboxylic acids is 1. The van der Waals surface area contributed by atoms with E-state index in [0.29, 0.717) is 24.1 Å². The van der Waals surface area contributed by atoms with Gasteiger partial charge in [-0.05, 0) is 49.4 Å². The van der Waals surface area contributed by atoms with E-state index in [4.69, 9.17) is 6.57 Å². The Balaban J connectivity index is 1.36. The normalized spacial score (nSPS) is 14.7. The Labute approximate surface area is 182 Å². The minimum atomic E-state index is -0.558. The van der Waals surface area contributed by atoms with E-state index in [9.17, 15) is 9.18 Å². The summed E-state index contributed by atoms with van der Waals surface area (Å²) in [4.78, 5) is 25.6. The maximum absolute atomic E-state index is 12.9. The average Bonchev–Trinajstić information content (AvgIpc) is 2.81. The maximum Gasteiger partial charge on any atom is 0.266 e. The SMILES string of the molecule is [C-]#[N+]NC(=NCCCCC1CCN(C(=O)c2ccccc2)CC1)Nc1ccc(F)nc1. The van der Waals surface area contributed by atoms with Crippen LogP contribution in [0.1, 0.15) is 42.5 Å². The number of aliphatic imine (C=N–C) groups is 1. The summed E-state index contributed by atoms with van der Waals surface area (Å²) in [6.07, 6.45) is 6.49. The largest absolute Gasteiger partial charge is 0.339 e. The standard InChI is InChI=1S/C23H27FN6O/c1-25-29-23(28-20-10-11-21(24)27-17-20)26-14-6-5-7-18-12-15-30(16-13-18)22(31)19-8-3-2-4-9-19/h2-4,8-11,17-18H,5-7,12-16H2,(H2,26,28,29). The number of amides is 1. The third-order valence-corrected chi connectivity index (χ3v) is 5.36. The van der Waals surface area contributed by atoms with Crippen molar-refractivity contribution in [3.63, 3.8) is 0 Å². The van der Waals surface area contributed by atoms with Gasteiger partial charge in [-0.2, -0.15) is 15.9 Å². The molecule has 1 aromatic heterocycles. The molecule has 2 heterocycles. The molecule has 0 atom stereocenters. The first kappa shape index (κ1) is 22.2. The average molecular weight is 423 g/mol. The van der Waals surface area contributed by atoms with E-state index in [1.54, 1.807) is 6.07 Å². The number of halogens is 1. The van der Waals surface area contributed by atoms with Crippen molar-refractivity contribution in [1.29, 1.82) is 0 Å². The number of benzene rings is 1. The van der Waals surface area contributed by atoms with Crippen molar-refractivity contribution in [2.24, 2.45) is 10.9 Å². The quantitative estimate of drug-likeness (QED) is 0.176. The van der Waals surface area contributed by atoms with Crippen molar-refractivity contribution in [3.05, 3.63) is 71.7 Å². The van der Waals surface area contributed by atoms with Gasteiger partial charge in [0.25, 0.3) is 11.9 Å². The number of carbonyl (C=O) groups is 1. The number of pyridine rings is 1. The Hall–Kier alpha value is -3.47. The molecule has 0 radical (unpaired) electrons. The minimum Gasteiger partial charge on any atom is -0.339 e. The smallest absolute Gasteiger partial charge is 0.266 e. The van der Waals surface area contributed by atoms with E-state index < -0.39 is 5.95 Å². The van der Waals surface area contributed by atoms with Crippen LogP contribution in [0.5, 0.6) is 0 Å². The van der Waals surface area contributed by atoms with Gasteiger partial charge < -0.3 is 10.2 Å².